The highest BCUT2D eigenvalue weighted by Crippen LogP contribution is 2.32. The molecule has 2 aromatic rings. The molecule has 1 N–H and O–H groups in total. The van der Waals surface area contributed by atoms with Gasteiger partial charge < -0.3 is 15.0 Å². The second kappa shape index (κ2) is 7.33. The highest BCUT2D eigenvalue weighted by atomic mass is 35.5. The van der Waals surface area contributed by atoms with Gasteiger partial charge in [0.05, 0.1) is 28.8 Å². The van der Waals surface area contributed by atoms with Crippen molar-refractivity contribution in [2.24, 2.45) is 5.92 Å². The number of anilines is 2. The number of nitrogens with zero attached hydrogens (tertiary/aromatic N) is 1. The van der Waals surface area contributed by atoms with E-state index in [2.05, 4.69) is 5.32 Å². The minimum atomic E-state index is -0.464. The number of carbonyl (C=O) groups excluding carboxylic acids is 2. The van der Waals surface area contributed by atoms with Crippen LogP contribution in [-0.2, 0) is 9.59 Å². The molecule has 0 spiro atoms. The van der Waals surface area contributed by atoms with Crippen molar-refractivity contribution in [2.75, 3.05) is 23.9 Å². The van der Waals surface area contributed by atoms with Crippen LogP contribution in [0.25, 0.3) is 0 Å². The highest BCUT2D eigenvalue weighted by molar-refractivity contribution is 6.44. The summed E-state index contributed by atoms with van der Waals surface area (Å²) in [6.07, 6.45) is 0.140. The lowest BCUT2D eigenvalue weighted by Gasteiger charge is -2.17. The Morgan fingerprint density at radius 3 is 2.76 bits per heavy atom. The number of carbonyl (C=O) groups is 2. The third-order valence-electron chi connectivity index (χ3n) is 4.07. The lowest BCUT2D eigenvalue weighted by Crippen LogP contribution is -2.28. The molecule has 3 rings (SSSR count). The summed E-state index contributed by atoms with van der Waals surface area (Å²) in [5, 5.41) is 3.39. The van der Waals surface area contributed by atoms with E-state index in [4.69, 9.17) is 27.9 Å². The Balaban J connectivity index is 1.73. The van der Waals surface area contributed by atoms with Gasteiger partial charge in [-0.1, -0.05) is 35.3 Å². The van der Waals surface area contributed by atoms with Gasteiger partial charge >= 0.3 is 0 Å². The van der Waals surface area contributed by atoms with Gasteiger partial charge in [0.15, 0.2) is 0 Å². The first kappa shape index (κ1) is 17.6. The van der Waals surface area contributed by atoms with E-state index in [1.54, 1.807) is 48.4 Å². The topological polar surface area (TPSA) is 58.6 Å². The summed E-state index contributed by atoms with van der Waals surface area (Å²) >= 11 is 12.0. The predicted octanol–water partition coefficient (Wildman–Crippen LogP) is 3.99. The van der Waals surface area contributed by atoms with E-state index in [9.17, 15) is 9.59 Å². The molecule has 1 aliphatic heterocycles. The van der Waals surface area contributed by atoms with E-state index in [0.29, 0.717) is 28.7 Å². The molecular weight excluding hydrogens is 363 g/mol. The van der Waals surface area contributed by atoms with Crippen molar-refractivity contribution in [2.45, 2.75) is 6.42 Å². The average molecular weight is 379 g/mol. The first-order valence-corrected chi connectivity index (χ1v) is 8.44. The van der Waals surface area contributed by atoms with Crippen molar-refractivity contribution >= 4 is 46.4 Å². The van der Waals surface area contributed by atoms with Gasteiger partial charge in [0.2, 0.25) is 11.8 Å². The molecule has 0 bridgehead atoms. The van der Waals surface area contributed by atoms with Crippen molar-refractivity contribution in [1.29, 1.82) is 0 Å². The molecule has 1 fully saturated rings. The van der Waals surface area contributed by atoms with E-state index < -0.39 is 5.92 Å². The van der Waals surface area contributed by atoms with Gasteiger partial charge in [-0.2, -0.15) is 0 Å². The van der Waals surface area contributed by atoms with Gasteiger partial charge in [-0.25, -0.2) is 0 Å². The van der Waals surface area contributed by atoms with Crippen LogP contribution in [0, 0.1) is 5.92 Å². The van der Waals surface area contributed by atoms with Gasteiger partial charge in [0.1, 0.15) is 5.75 Å². The third-order valence-corrected chi connectivity index (χ3v) is 4.89. The summed E-state index contributed by atoms with van der Waals surface area (Å²) < 4.78 is 5.18. The van der Waals surface area contributed by atoms with E-state index in [1.807, 2.05) is 6.07 Å². The molecule has 0 aromatic heterocycles. The molecule has 2 aromatic carbocycles. The molecule has 1 aliphatic rings. The fourth-order valence-electron chi connectivity index (χ4n) is 2.75. The van der Waals surface area contributed by atoms with Crippen LogP contribution >= 0.6 is 23.2 Å². The fraction of sp³-hybridized carbons (Fsp3) is 0.222. The molecule has 1 saturated heterocycles. The van der Waals surface area contributed by atoms with Crippen molar-refractivity contribution < 1.29 is 14.3 Å². The molecule has 25 heavy (non-hydrogen) atoms. The van der Waals surface area contributed by atoms with E-state index >= 15 is 0 Å². The molecule has 0 aliphatic carbocycles. The Morgan fingerprint density at radius 2 is 2.00 bits per heavy atom. The fourth-order valence-corrected chi connectivity index (χ4v) is 3.09. The van der Waals surface area contributed by atoms with Gasteiger partial charge in [0, 0.05) is 24.7 Å². The van der Waals surface area contributed by atoms with Gasteiger partial charge in [-0.05, 0) is 24.3 Å². The molecule has 0 saturated carbocycles. The van der Waals surface area contributed by atoms with Gasteiger partial charge in [-0.15, -0.1) is 0 Å². The molecule has 1 heterocycles. The van der Waals surface area contributed by atoms with Crippen LogP contribution in [0.15, 0.2) is 42.5 Å². The standard InChI is InChI=1S/C18H16Cl2N2O3/c1-25-13-5-2-4-12(9-13)22-10-11(8-16(22)23)18(24)21-15-7-3-6-14(19)17(15)20/h2-7,9,11H,8,10H2,1H3,(H,21,24)/t11-/m0/s1. The first-order chi connectivity index (χ1) is 12.0. The maximum atomic E-state index is 12.5. The summed E-state index contributed by atoms with van der Waals surface area (Å²) in [4.78, 5) is 26.4. The minimum Gasteiger partial charge on any atom is -0.497 e. The summed E-state index contributed by atoms with van der Waals surface area (Å²) in [7, 11) is 1.57. The molecule has 2 amide bonds. The minimum absolute atomic E-state index is 0.106. The quantitative estimate of drug-likeness (QED) is 0.874. The number of hydrogen-bond donors (Lipinski definition) is 1. The monoisotopic (exact) mass is 378 g/mol. The van der Waals surface area contributed by atoms with Crippen molar-refractivity contribution in [3.63, 3.8) is 0 Å². The maximum absolute atomic E-state index is 12.5. The SMILES string of the molecule is COc1cccc(N2C[C@@H](C(=O)Nc3cccc(Cl)c3Cl)CC2=O)c1. The zero-order valence-corrected chi connectivity index (χ0v) is 15.0. The molecule has 7 heteroatoms. The lowest BCUT2D eigenvalue weighted by molar-refractivity contribution is -0.122. The molecule has 0 radical (unpaired) electrons. The number of halogens is 2. The number of ether oxygens (including phenoxy) is 1. The van der Waals surface area contributed by atoms with Crippen LogP contribution in [0.3, 0.4) is 0 Å². The number of methoxy groups -OCH3 is 1. The lowest BCUT2D eigenvalue weighted by atomic mass is 10.1. The van der Waals surface area contributed by atoms with Gasteiger partial charge in [-0.3, -0.25) is 9.59 Å². The van der Waals surface area contributed by atoms with Crippen LogP contribution in [0.2, 0.25) is 10.0 Å². The van der Waals surface area contributed by atoms with Crippen molar-refractivity contribution in [3.8, 4) is 5.75 Å². The van der Waals surface area contributed by atoms with Crippen molar-refractivity contribution in [3.05, 3.63) is 52.5 Å². The Morgan fingerprint density at radius 1 is 1.24 bits per heavy atom. The molecular formula is C18H16Cl2N2O3. The summed E-state index contributed by atoms with van der Waals surface area (Å²) in [6.45, 7) is 0.302. The van der Waals surface area contributed by atoms with Crippen LogP contribution in [0.5, 0.6) is 5.75 Å². The smallest absolute Gasteiger partial charge is 0.229 e. The number of rotatable bonds is 4. The van der Waals surface area contributed by atoms with Gasteiger partial charge in [0.25, 0.3) is 0 Å². The summed E-state index contributed by atoms with van der Waals surface area (Å²) in [5.74, 6) is -0.175. The van der Waals surface area contributed by atoms with Crippen LogP contribution in [-0.4, -0.2) is 25.5 Å². The first-order valence-electron chi connectivity index (χ1n) is 7.69. The molecule has 130 valence electrons. The van der Waals surface area contributed by atoms with Crippen LogP contribution in [0.1, 0.15) is 6.42 Å². The zero-order valence-electron chi connectivity index (χ0n) is 13.5. The van der Waals surface area contributed by atoms with Crippen LogP contribution in [0.4, 0.5) is 11.4 Å². The molecule has 5 nitrogen and oxygen atoms in total. The summed E-state index contributed by atoms with van der Waals surface area (Å²) in [5.41, 5.74) is 1.15. The largest absolute Gasteiger partial charge is 0.497 e. The predicted molar refractivity (Wildman–Crippen MR) is 98.5 cm³/mol. The number of amides is 2. The highest BCUT2D eigenvalue weighted by Gasteiger charge is 2.35. The van der Waals surface area contributed by atoms with Crippen LogP contribution < -0.4 is 15.0 Å². The van der Waals surface area contributed by atoms with E-state index in [1.165, 1.54) is 0 Å². The van der Waals surface area contributed by atoms with E-state index in [-0.39, 0.29) is 23.3 Å². The number of hydrogen-bond acceptors (Lipinski definition) is 3. The summed E-state index contributed by atoms with van der Waals surface area (Å²) in [6, 6.07) is 12.2. The number of nitrogens with one attached hydrogen (secondary N) is 1. The van der Waals surface area contributed by atoms with Crippen molar-refractivity contribution in [1.82, 2.24) is 0 Å². The Labute approximate surface area is 155 Å². The molecule has 0 unspecified atom stereocenters. The number of benzene rings is 2. The molecule has 1 atom stereocenters. The van der Waals surface area contributed by atoms with E-state index in [0.717, 1.165) is 0 Å². The maximum Gasteiger partial charge on any atom is 0.229 e. The third kappa shape index (κ3) is 3.72. The Kier molecular flexibility index (Phi) is 5.16. The average Bonchev–Trinajstić information content (AvgIpc) is 3.01. The normalized spacial score (nSPS) is 16.8. The second-order valence-corrected chi connectivity index (χ2v) is 6.48. The Bertz CT molecular complexity index is 826. The zero-order chi connectivity index (χ0) is 18.0. The Hall–Kier alpha value is -2.24. The second-order valence-electron chi connectivity index (χ2n) is 5.70.